The van der Waals surface area contributed by atoms with Crippen LogP contribution >= 0.6 is 11.6 Å². The first-order valence-electron chi connectivity index (χ1n) is 9.07. The van der Waals surface area contributed by atoms with Gasteiger partial charge in [0.05, 0.1) is 34.2 Å². The van der Waals surface area contributed by atoms with Crippen molar-refractivity contribution in [2.45, 2.75) is 38.8 Å². The van der Waals surface area contributed by atoms with Gasteiger partial charge in [-0.25, -0.2) is 4.39 Å². The van der Waals surface area contributed by atoms with Crippen molar-refractivity contribution in [1.29, 1.82) is 5.26 Å². The molecule has 0 aromatic heterocycles. The van der Waals surface area contributed by atoms with Crippen LogP contribution in [0.3, 0.4) is 0 Å². The molecule has 0 aliphatic carbocycles. The van der Waals surface area contributed by atoms with E-state index >= 15 is 0 Å². The van der Waals surface area contributed by atoms with Gasteiger partial charge in [0.15, 0.2) is 11.6 Å². The first-order valence-corrected chi connectivity index (χ1v) is 9.45. The number of nitrogens with zero attached hydrogens (tertiary/aromatic N) is 3. The maximum atomic E-state index is 13.3. The zero-order valence-electron chi connectivity index (χ0n) is 15.9. The number of aliphatic hydroxyl groups excluding tert-OH is 1. The Kier molecular flexibility index (Phi) is 6.16. The third-order valence-corrected chi connectivity index (χ3v) is 5.34. The second-order valence-electron chi connectivity index (χ2n) is 6.88. The van der Waals surface area contributed by atoms with Crippen molar-refractivity contribution < 1.29 is 14.6 Å². The van der Waals surface area contributed by atoms with Crippen LogP contribution in [0, 0.1) is 24.1 Å². The number of anilines is 1. The molecule has 2 aromatic rings. The summed E-state index contributed by atoms with van der Waals surface area (Å²) in [7, 11) is 0. The number of phenolic OH excluding ortho intramolecular Hbond substituents is 1. The molecule has 3 N–H and O–H groups in total. The molecule has 0 fully saturated rings. The fraction of sp³-hybridized carbons (Fsp3) is 0.286. The Morgan fingerprint density at radius 2 is 2.00 bits per heavy atom. The van der Waals surface area contributed by atoms with E-state index in [0.717, 1.165) is 0 Å². The summed E-state index contributed by atoms with van der Waals surface area (Å²) >= 11 is 6.23. The molecule has 0 radical (unpaired) electrons. The summed E-state index contributed by atoms with van der Waals surface area (Å²) in [5, 5.41) is 41.0. The molecule has 0 amide bonds. The molecular weight excluding hydrogens is 395 g/mol. The Labute approximate surface area is 173 Å². The first-order chi connectivity index (χ1) is 13.8. The Morgan fingerprint density at radius 3 is 2.59 bits per heavy atom. The summed E-state index contributed by atoms with van der Waals surface area (Å²) in [6, 6.07) is 8.96. The zero-order chi connectivity index (χ0) is 21.1. The number of aromatic hydroxyl groups is 1. The molecule has 29 heavy (non-hydrogen) atoms. The van der Waals surface area contributed by atoms with Crippen LogP contribution in [0.25, 0.3) is 0 Å². The van der Waals surface area contributed by atoms with Crippen molar-refractivity contribution in [3.8, 4) is 11.8 Å². The topological polar surface area (TPSA) is 101 Å². The highest BCUT2D eigenvalue weighted by Gasteiger charge is 2.25. The van der Waals surface area contributed by atoms with Crippen molar-refractivity contribution in [2.24, 2.45) is 10.2 Å². The Bertz CT molecular complexity index is 1040. The molecule has 2 atom stereocenters. The number of hydrogen-bond acceptors (Lipinski definition) is 6. The number of phenols is 1. The van der Waals surface area contributed by atoms with Gasteiger partial charge in [0.2, 0.25) is 0 Å². The number of hydrogen-bond donors (Lipinski definition) is 3. The van der Waals surface area contributed by atoms with Crippen LogP contribution < -0.4 is 5.32 Å². The second-order valence-corrected chi connectivity index (χ2v) is 7.26. The van der Waals surface area contributed by atoms with Gasteiger partial charge in [0, 0.05) is 11.3 Å². The quantitative estimate of drug-likeness (QED) is 0.683. The van der Waals surface area contributed by atoms with Gasteiger partial charge < -0.3 is 15.5 Å². The van der Waals surface area contributed by atoms with Crippen molar-refractivity contribution in [1.82, 2.24) is 0 Å². The maximum absolute atomic E-state index is 13.3. The average Bonchev–Trinajstić information content (AvgIpc) is 2.71. The molecule has 6 nitrogen and oxygen atoms in total. The van der Waals surface area contributed by atoms with E-state index in [2.05, 4.69) is 15.5 Å². The normalized spacial score (nSPS) is 15.7. The standard InChI is InChI=1S/C21H20ClFN4O2/c1-11-16(6-4-14(10-24)20(11)22)25-21(12(2)28)18-8-7-17(26-27-18)13-3-5-15(23)19(29)9-13/h3-6,9,12,21,25,28-29H,7-8H2,1-2H3/t12-,21-/m1/s1. The van der Waals surface area contributed by atoms with E-state index in [4.69, 9.17) is 16.9 Å². The lowest BCUT2D eigenvalue weighted by atomic mass is 9.96. The van der Waals surface area contributed by atoms with Crippen LogP contribution in [-0.2, 0) is 0 Å². The lowest BCUT2D eigenvalue weighted by Crippen LogP contribution is -2.40. The summed E-state index contributed by atoms with van der Waals surface area (Å²) in [6.07, 6.45) is 0.305. The van der Waals surface area contributed by atoms with E-state index in [-0.39, 0.29) is 0 Å². The third-order valence-electron chi connectivity index (χ3n) is 4.86. The molecule has 1 aliphatic heterocycles. The summed E-state index contributed by atoms with van der Waals surface area (Å²) in [5.74, 6) is -1.12. The number of nitrogens with one attached hydrogen (secondary N) is 1. The monoisotopic (exact) mass is 414 g/mol. The van der Waals surface area contributed by atoms with Crippen LogP contribution in [-0.4, -0.2) is 33.8 Å². The number of halogens is 2. The maximum Gasteiger partial charge on any atom is 0.164 e. The molecule has 0 saturated carbocycles. The van der Waals surface area contributed by atoms with Gasteiger partial charge >= 0.3 is 0 Å². The third kappa shape index (κ3) is 4.39. The van der Waals surface area contributed by atoms with Crippen molar-refractivity contribution in [3.63, 3.8) is 0 Å². The Morgan fingerprint density at radius 1 is 1.24 bits per heavy atom. The zero-order valence-corrected chi connectivity index (χ0v) is 16.7. The molecular formula is C21H20ClFN4O2. The summed E-state index contributed by atoms with van der Waals surface area (Å²) in [5.41, 5.74) is 3.68. The fourth-order valence-corrected chi connectivity index (χ4v) is 3.37. The Balaban J connectivity index is 1.86. The minimum absolute atomic E-state index is 0.365. The van der Waals surface area contributed by atoms with E-state index in [0.29, 0.717) is 51.7 Å². The van der Waals surface area contributed by atoms with Crippen LogP contribution in [0.4, 0.5) is 10.1 Å². The second kappa shape index (κ2) is 8.60. The molecule has 150 valence electrons. The number of benzene rings is 2. The molecule has 3 rings (SSSR count). The van der Waals surface area contributed by atoms with Gasteiger partial charge in [-0.15, -0.1) is 0 Å². The van der Waals surface area contributed by atoms with E-state index in [9.17, 15) is 14.6 Å². The van der Waals surface area contributed by atoms with Crippen molar-refractivity contribution in [3.05, 3.63) is 57.9 Å². The van der Waals surface area contributed by atoms with E-state index < -0.39 is 23.7 Å². The molecule has 1 heterocycles. The number of aliphatic hydroxyl groups is 1. The first kappa shape index (κ1) is 20.8. The minimum atomic E-state index is -0.755. The van der Waals surface area contributed by atoms with E-state index in [1.807, 2.05) is 6.07 Å². The van der Waals surface area contributed by atoms with Crippen molar-refractivity contribution >= 4 is 28.7 Å². The summed E-state index contributed by atoms with van der Waals surface area (Å²) in [4.78, 5) is 0. The highest BCUT2D eigenvalue weighted by Crippen LogP contribution is 2.29. The SMILES string of the molecule is Cc1c(N[C@@H](C2=NN=C(c3ccc(F)c(O)c3)CC2)[C@@H](C)O)ccc(C#N)c1Cl. The van der Waals surface area contributed by atoms with Gasteiger partial charge in [-0.2, -0.15) is 15.5 Å². The molecule has 0 spiro atoms. The lowest BCUT2D eigenvalue weighted by Gasteiger charge is -2.26. The molecule has 0 saturated heterocycles. The summed E-state index contributed by atoms with van der Waals surface area (Å²) < 4.78 is 13.3. The van der Waals surface area contributed by atoms with Gasteiger partial charge in [0.1, 0.15) is 6.07 Å². The Hall–Kier alpha value is -2.95. The largest absolute Gasteiger partial charge is 0.505 e. The molecule has 1 aliphatic rings. The predicted molar refractivity (Wildman–Crippen MR) is 111 cm³/mol. The average molecular weight is 415 g/mol. The van der Waals surface area contributed by atoms with Gasteiger partial charge in [-0.05, 0) is 62.6 Å². The van der Waals surface area contributed by atoms with Crippen LogP contribution in [0.5, 0.6) is 5.75 Å². The molecule has 0 unspecified atom stereocenters. The van der Waals surface area contributed by atoms with Gasteiger partial charge in [0.25, 0.3) is 0 Å². The van der Waals surface area contributed by atoms with Crippen LogP contribution in [0.2, 0.25) is 5.02 Å². The van der Waals surface area contributed by atoms with Crippen molar-refractivity contribution in [2.75, 3.05) is 5.32 Å². The number of rotatable bonds is 5. The fourth-order valence-electron chi connectivity index (χ4n) is 3.16. The lowest BCUT2D eigenvalue weighted by molar-refractivity contribution is 0.191. The highest BCUT2D eigenvalue weighted by atomic mass is 35.5. The van der Waals surface area contributed by atoms with Gasteiger partial charge in [-0.1, -0.05) is 11.6 Å². The highest BCUT2D eigenvalue weighted by molar-refractivity contribution is 6.32. The molecule has 2 aromatic carbocycles. The predicted octanol–water partition coefficient (Wildman–Crippen LogP) is 4.17. The van der Waals surface area contributed by atoms with Crippen LogP contribution in [0.15, 0.2) is 40.5 Å². The minimum Gasteiger partial charge on any atom is -0.505 e. The van der Waals surface area contributed by atoms with E-state index in [1.54, 1.807) is 32.0 Å². The smallest absolute Gasteiger partial charge is 0.164 e. The molecule has 0 bridgehead atoms. The number of nitriles is 1. The van der Waals surface area contributed by atoms with E-state index in [1.165, 1.54) is 12.1 Å². The van der Waals surface area contributed by atoms with Crippen LogP contribution in [0.1, 0.15) is 36.5 Å². The van der Waals surface area contributed by atoms with Gasteiger partial charge in [-0.3, -0.25) is 0 Å². The molecule has 8 heteroatoms. The summed E-state index contributed by atoms with van der Waals surface area (Å²) in [6.45, 7) is 3.45.